The van der Waals surface area contributed by atoms with Crippen LogP contribution in [0.2, 0.25) is 0 Å². The second-order valence-corrected chi connectivity index (χ2v) is 5.41. The van der Waals surface area contributed by atoms with Gasteiger partial charge in [-0.1, -0.05) is 37.3 Å². The van der Waals surface area contributed by atoms with E-state index in [4.69, 9.17) is 10.8 Å². The Bertz CT molecular complexity index is 564. The van der Waals surface area contributed by atoms with Gasteiger partial charge in [0, 0.05) is 22.9 Å². The number of nitrogens with zero attached hydrogens (tertiary/aromatic N) is 1. The molecule has 21 heavy (non-hydrogen) atoms. The van der Waals surface area contributed by atoms with E-state index < -0.39 is 17.1 Å². The lowest BCUT2D eigenvalue weighted by Gasteiger charge is -2.10. The molecule has 6 heteroatoms. The van der Waals surface area contributed by atoms with Crippen molar-refractivity contribution in [1.82, 2.24) is 4.98 Å². The standard InChI is InChI=1S/C13H11NO3S.C2H7N/c15-13(16)11-7-4-8-14-12(11)18(17)9-10-5-2-1-3-6-10;1-2-3/h1-8H,9H2,(H,15,16);2-3H2,1H3. The predicted octanol–water partition coefficient (Wildman–Crippen LogP) is 2.05. The SMILES string of the molecule is CCN.O=C(O)c1cccnc1[S+]([O-])Cc1ccccc1. The second kappa shape index (κ2) is 9.12. The maximum Gasteiger partial charge on any atom is 0.342 e. The average Bonchev–Trinajstić information content (AvgIpc) is 2.49. The van der Waals surface area contributed by atoms with Crippen LogP contribution in [-0.2, 0) is 16.9 Å². The molecule has 1 atom stereocenters. The molecular weight excluding hydrogens is 288 g/mol. The Morgan fingerprint density at radius 3 is 2.48 bits per heavy atom. The summed E-state index contributed by atoms with van der Waals surface area (Å²) in [7, 11) is 0. The summed E-state index contributed by atoms with van der Waals surface area (Å²) < 4.78 is 12.1. The molecule has 0 aliphatic carbocycles. The highest BCUT2D eigenvalue weighted by Crippen LogP contribution is 2.18. The molecule has 3 N–H and O–H groups in total. The number of carboxylic acid groups (broad SMARTS) is 1. The minimum Gasteiger partial charge on any atom is -0.610 e. The summed E-state index contributed by atoms with van der Waals surface area (Å²) in [4.78, 5) is 14.9. The van der Waals surface area contributed by atoms with Crippen LogP contribution in [0, 0.1) is 0 Å². The van der Waals surface area contributed by atoms with Gasteiger partial charge < -0.3 is 15.4 Å². The number of carboxylic acids is 1. The topological polar surface area (TPSA) is 99.3 Å². The smallest absolute Gasteiger partial charge is 0.342 e. The van der Waals surface area contributed by atoms with Gasteiger partial charge in [0.25, 0.3) is 5.03 Å². The van der Waals surface area contributed by atoms with Crippen LogP contribution in [0.4, 0.5) is 0 Å². The number of nitrogens with two attached hydrogens (primary N) is 1. The normalized spacial score (nSPS) is 11.2. The zero-order chi connectivity index (χ0) is 15.7. The summed E-state index contributed by atoms with van der Waals surface area (Å²) >= 11 is -1.46. The first-order valence-corrected chi connectivity index (χ1v) is 7.72. The molecule has 0 radical (unpaired) electrons. The van der Waals surface area contributed by atoms with Gasteiger partial charge in [0.1, 0.15) is 11.3 Å². The first kappa shape index (κ1) is 17.2. The molecule has 112 valence electrons. The van der Waals surface area contributed by atoms with Gasteiger partial charge >= 0.3 is 5.97 Å². The van der Waals surface area contributed by atoms with Crippen molar-refractivity contribution in [3.8, 4) is 0 Å². The summed E-state index contributed by atoms with van der Waals surface area (Å²) in [5.74, 6) is -0.850. The van der Waals surface area contributed by atoms with Gasteiger partial charge in [-0.05, 0) is 18.7 Å². The van der Waals surface area contributed by atoms with E-state index in [0.29, 0.717) is 0 Å². The number of aromatic carboxylic acids is 1. The van der Waals surface area contributed by atoms with Gasteiger partial charge in [0.05, 0.1) is 0 Å². The van der Waals surface area contributed by atoms with Crippen LogP contribution < -0.4 is 5.73 Å². The molecule has 0 spiro atoms. The molecule has 2 rings (SSSR count). The van der Waals surface area contributed by atoms with Gasteiger partial charge in [-0.3, -0.25) is 0 Å². The lowest BCUT2D eigenvalue weighted by Crippen LogP contribution is -2.13. The summed E-state index contributed by atoms with van der Waals surface area (Å²) in [6.07, 6.45) is 1.45. The lowest BCUT2D eigenvalue weighted by molar-refractivity contribution is 0.0691. The number of carbonyl (C=O) groups is 1. The van der Waals surface area contributed by atoms with Crippen LogP contribution in [0.3, 0.4) is 0 Å². The number of rotatable bonds is 4. The minimum atomic E-state index is -1.46. The van der Waals surface area contributed by atoms with Crippen molar-refractivity contribution in [2.45, 2.75) is 17.7 Å². The molecule has 0 aliphatic heterocycles. The molecule has 0 bridgehead atoms. The summed E-state index contributed by atoms with van der Waals surface area (Å²) in [6, 6.07) is 12.2. The van der Waals surface area contributed by atoms with E-state index in [9.17, 15) is 9.35 Å². The molecular formula is C15H18N2O3S. The van der Waals surface area contributed by atoms with Crippen LogP contribution in [0.1, 0.15) is 22.8 Å². The van der Waals surface area contributed by atoms with E-state index in [2.05, 4.69) is 4.98 Å². The summed E-state index contributed by atoms with van der Waals surface area (Å²) in [5.41, 5.74) is 5.73. The van der Waals surface area contributed by atoms with Crippen molar-refractivity contribution in [3.63, 3.8) is 0 Å². The highest BCUT2D eigenvalue weighted by molar-refractivity contribution is 7.90. The van der Waals surface area contributed by atoms with Crippen molar-refractivity contribution >= 4 is 17.1 Å². The number of benzene rings is 1. The number of aromatic nitrogens is 1. The van der Waals surface area contributed by atoms with E-state index in [0.717, 1.165) is 12.1 Å². The van der Waals surface area contributed by atoms with Crippen LogP contribution in [0.25, 0.3) is 0 Å². The largest absolute Gasteiger partial charge is 0.610 e. The fourth-order valence-electron chi connectivity index (χ4n) is 1.53. The molecule has 1 aromatic carbocycles. The molecule has 0 saturated carbocycles. The summed E-state index contributed by atoms with van der Waals surface area (Å²) in [5, 5.41) is 9.13. The Morgan fingerprint density at radius 1 is 1.29 bits per heavy atom. The Morgan fingerprint density at radius 2 is 1.90 bits per heavy atom. The molecule has 1 aromatic heterocycles. The fourth-order valence-corrected chi connectivity index (χ4v) is 2.74. The molecule has 0 fully saturated rings. The van der Waals surface area contributed by atoms with Crippen molar-refractivity contribution < 1.29 is 14.5 Å². The van der Waals surface area contributed by atoms with E-state index in [1.54, 1.807) is 0 Å². The van der Waals surface area contributed by atoms with E-state index >= 15 is 0 Å². The minimum absolute atomic E-state index is 0.00763. The Labute approximate surface area is 127 Å². The average molecular weight is 306 g/mol. The van der Waals surface area contributed by atoms with Gasteiger partial charge in [-0.15, -0.1) is 0 Å². The number of pyridine rings is 1. The highest BCUT2D eigenvalue weighted by Gasteiger charge is 2.22. The van der Waals surface area contributed by atoms with Crippen molar-refractivity contribution in [1.29, 1.82) is 0 Å². The number of hydrogen-bond donors (Lipinski definition) is 2. The van der Waals surface area contributed by atoms with Gasteiger partial charge in [0.2, 0.25) is 0 Å². The Balaban J connectivity index is 0.000000677. The van der Waals surface area contributed by atoms with E-state index in [-0.39, 0.29) is 16.3 Å². The molecule has 1 unspecified atom stereocenters. The monoisotopic (exact) mass is 306 g/mol. The highest BCUT2D eigenvalue weighted by atomic mass is 32.2. The zero-order valence-electron chi connectivity index (χ0n) is 11.7. The van der Waals surface area contributed by atoms with Crippen LogP contribution >= 0.6 is 0 Å². The Kier molecular flexibility index (Phi) is 7.45. The van der Waals surface area contributed by atoms with Gasteiger partial charge in [-0.25, -0.2) is 9.78 Å². The van der Waals surface area contributed by atoms with Crippen molar-refractivity contribution in [3.05, 3.63) is 59.8 Å². The second-order valence-electron chi connectivity index (χ2n) is 4.04. The van der Waals surface area contributed by atoms with Gasteiger partial charge in [-0.2, -0.15) is 0 Å². The van der Waals surface area contributed by atoms with Gasteiger partial charge in [0.15, 0.2) is 0 Å². The van der Waals surface area contributed by atoms with Crippen LogP contribution in [0.5, 0.6) is 0 Å². The predicted molar refractivity (Wildman–Crippen MR) is 82.5 cm³/mol. The molecule has 0 saturated heterocycles. The maximum absolute atomic E-state index is 12.1. The zero-order valence-corrected chi connectivity index (χ0v) is 12.5. The van der Waals surface area contributed by atoms with Crippen LogP contribution in [-0.4, -0.2) is 27.2 Å². The molecule has 1 heterocycles. The molecule has 0 aliphatic rings. The third-order valence-corrected chi connectivity index (χ3v) is 3.71. The van der Waals surface area contributed by atoms with Crippen molar-refractivity contribution in [2.75, 3.05) is 6.54 Å². The Hall–Kier alpha value is -1.89. The first-order chi connectivity index (χ1) is 10.1. The third-order valence-electron chi connectivity index (χ3n) is 2.36. The fraction of sp³-hybridized carbons (Fsp3) is 0.200. The maximum atomic E-state index is 12.1. The number of hydrogen-bond acceptors (Lipinski definition) is 4. The van der Waals surface area contributed by atoms with Crippen LogP contribution in [0.15, 0.2) is 53.7 Å². The molecule has 5 nitrogen and oxygen atoms in total. The van der Waals surface area contributed by atoms with E-state index in [1.165, 1.54) is 18.3 Å². The lowest BCUT2D eigenvalue weighted by atomic mass is 10.2. The molecule has 2 aromatic rings. The quantitative estimate of drug-likeness (QED) is 0.842. The van der Waals surface area contributed by atoms with E-state index in [1.807, 2.05) is 37.3 Å². The molecule has 0 amide bonds. The summed E-state index contributed by atoms with van der Waals surface area (Å²) in [6.45, 7) is 2.65. The van der Waals surface area contributed by atoms with Crippen molar-refractivity contribution in [2.24, 2.45) is 5.73 Å². The first-order valence-electron chi connectivity index (χ1n) is 6.40. The third kappa shape index (κ3) is 5.55.